The fourth-order valence-electron chi connectivity index (χ4n) is 2.39. The molecule has 3 rings (SSSR count). The molecule has 0 radical (unpaired) electrons. The standard InChI is InChI=1S/C15H16FN3OS/c1-17-14-13(9-10-8-11(16)4-5-12(10)20)21-15(18-14)19-6-2-3-7-19/h4-5,8-9,20H,2-3,6-7H2,1H3/b13-9-,17-14?. The van der Waals surface area contributed by atoms with Gasteiger partial charge in [0.2, 0.25) is 0 Å². The van der Waals surface area contributed by atoms with E-state index in [1.807, 2.05) is 0 Å². The molecule has 0 bridgehead atoms. The minimum Gasteiger partial charge on any atom is -0.507 e. The highest BCUT2D eigenvalue weighted by atomic mass is 32.2. The predicted molar refractivity (Wildman–Crippen MR) is 85.2 cm³/mol. The summed E-state index contributed by atoms with van der Waals surface area (Å²) in [6.07, 6.45) is 4.10. The summed E-state index contributed by atoms with van der Waals surface area (Å²) in [5.41, 5.74) is 0.441. The second kappa shape index (κ2) is 5.89. The second-order valence-electron chi connectivity index (χ2n) is 4.95. The van der Waals surface area contributed by atoms with Crippen molar-refractivity contribution in [2.45, 2.75) is 12.8 Å². The summed E-state index contributed by atoms with van der Waals surface area (Å²) in [4.78, 5) is 11.8. The molecule has 0 saturated carbocycles. The Hall–Kier alpha value is -1.82. The van der Waals surface area contributed by atoms with Crippen LogP contribution in [0.25, 0.3) is 6.08 Å². The van der Waals surface area contributed by atoms with E-state index in [0.717, 1.165) is 23.2 Å². The molecule has 1 fully saturated rings. The quantitative estimate of drug-likeness (QED) is 0.867. The van der Waals surface area contributed by atoms with Crippen molar-refractivity contribution in [3.05, 3.63) is 34.5 Å². The average molecular weight is 305 g/mol. The Labute approximate surface area is 127 Å². The molecular formula is C15H16FN3OS. The van der Waals surface area contributed by atoms with Gasteiger partial charge in [-0.25, -0.2) is 9.38 Å². The number of benzene rings is 1. The molecule has 2 aliphatic heterocycles. The fraction of sp³-hybridized carbons (Fsp3) is 0.333. The topological polar surface area (TPSA) is 48.2 Å². The van der Waals surface area contributed by atoms with Crippen LogP contribution in [0, 0.1) is 5.82 Å². The minimum absolute atomic E-state index is 0.0505. The minimum atomic E-state index is -0.377. The van der Waals surface area contributed by atoms with Gasteiger partial charge in [-0.05, 0) is 48.9 Å². The molecule has 1 aromatic carbocycles. The van der Waals surface area contributed by atoms with Crippen molar-refractivity contribution in [2.75, 3.05) is 20.1 Å². The lowest BCUT2D eigenvalue weighted by atomic mass is 10.2. The number of hydrogen-bond acceptors (Lipinski definition) is 4. The van der Waals surface area contributed by atoms with Crippen LogP contribution >= 0.6 is 11.8 Å². The van der Waals surface area contributed by atoms with E-state index >= 15 is 0 Å². The average Bonchev–Trinajstić information content (AvgIpc) is 3.11. The molecule has 1 aromatic rings. The van der Waals surface area contributed by atoms with Gasteiger partial charge < -0.3 is 10.0 Å². The molecule has 0 aromatic heterocycles. The second-order valence-corrected chi connectivity index (χ2v) is 5.96. The third-order valence-electron chi connectivity index (χ3n) is 3.49. The predicted octanol–water partition coefficient (Wildman–Crippen LogP) is 3.10. The van der Waals surface area contributed by atoms with Gasteiger partial charge in [0, 0.05) is 25.7 Å². The Kier molecular flexibility index (Phi) is 3.96. The summed E-state index contributed by atoms with van der Waals surface area (Å²) < 4.78 is 13.3. The van der Waals surface area contributed by atoms with Gasteiger partial charge >= 0.3 is 0 Å². The van der Waals surface area contributed by atoms with Crippen molar-refractivity contribution in [3.8, 4) is 5.75 Å². The van der Waals surface area contributed by atoms with Gasteiger partial charge in [0.15, 0.2) is 11.0 Å². The number of likely N-dealkylation sites (tertiary alicyclic amines) is 1. The SMILES string of the molecule is CN=C1N=C(N2CCCC2)S/C1=C\c1cc(F)ccc1O. The van der Waals surface area contributed by atoms with Gasteiger partial charge in [0.1, 0.15) is 11.6 Å². The van der Waals surface area contributed by atoms with Crippen molar-refractivity contribution in [1.82, 2.24) is 4.90 Å². The van der Waals surface area contributed by atoms with Gasteiger partial charge in [-0.3, -0.25) is 4.99 Å². The van der Waals surface area contributed by atoms with E-state index < -0.39 is 0 Å². The van der Waals surface area contributed by atoms with E-state index in [0.29, 0.717) is 11.4 Å². The molecule has 21 heavy (non-hydrogen) atoms. The van der Waals surface area contributed by atoms with Gasteiger partial charge in [-0.2, -0.15) is 0 Å². The summed E-state index contributed by atoms with van der Waals surface area (Å²) in [5.74, 6) is 0.304. The Morgan fingerprint density at radius 2 is 2.14 bits per heavy atom. The molecule has 1 saturated heterocycles. The molecular weight excluding hydrogens is 289 g/mol. The lowest BCUT2D eigenvalue weighted by Crippen LogP contribution is -2.23. The Morgan fingerprint density at radius 3 is 2.86 bits per heavy atom. The first-order valence-electron chi connectivity index (χ1n) is 6.86. The van der Waals surface area contributed by atoms with Crippen LogP contribution in [0.5, 0.6) is 5.75 Å². The molecule has 6 heteroatoms. The highest BCUT2D eigenvalue weighted by Crippen LogP contribution is 2.34. The van der Waals surface area contributed by atoms with Crippen LogP contribution in [-0.4, -0.2) is 41.1 Å². The zero-order chi connectivity index (χ0) is 14.8. The van der Waals surface area contributed by atoms with E-state index in [9.17, 15) is 9.50 Å². The molecule has 1 N–H and O–H groups in total. The van der Waals surface area contributed by atoms with Crippen LogP contribution in [0.4, 0.5) is 4.39 Å². The first-order chi connectivity index (χ1) is 10.2. The van der Waals surface area contributed by atoms with Crippen molar-refractivity contribution < 1.29 is 9.50 Å². The summed E-state index contributed by atoms with van der Waals surface area (Å²) in [7, 11) is 1.69. The molecule has 0 spiro atoms. The number of nitrogens with zero attached hydrogens (tertiary/aromatic N) is 3. The molecule has 0 unspecified atom stereocenters. The van der Waals surface area contributed by atoms with E-state index in [1.54, 1.807) is 13.1 Å². The summed E-state index contributed by atoms with van der Waals surface area (Å²) in [5, 5.41) is 10.8. The van der Waals surface area contributed by atoms with Crippen molar-refractivity contribution in [2.24, 2.45) is 9.98 Å². The lowest BCUT2D eigenvalue weighted by molar-refractivity contribution is 0.471. The summed E-state index contributed by atoms with van der Waals surface area (Å²) >= 11 is 1.52. The van der Waals surface area contributed by atoms with E-state index in [1.165, 1.54) is 42.8 Å². The Bertz CT molecular complexity index is 648. The Morgan fingerprint density at radius 1 is 1.38 bits per heavy atom. The number of thioether (sulfide) groups is 1. The summed E-state index contributed by atoms with van der Waals surface area (Å²) in [6.45, 7) is 2.03. The number of amidine groups is 2. The molecule has 0 atom stereocenters. The molecule has 0 amide bonds. The number of halogens is 1. The molecule has 4 nitrogen and oxygen atoms in total. The van der Waals surface area contributed by atoms with Gasteiger partial charge in [-0.15, -0.1) is 0 Å². The highest BCUT2D eigenvalue weighted by Gasteiger charge is 2.26. The largest absolute Gasteiger partial charge is 0.507 e. The maximum atomic E-state index is 13.3. The molecule has 0 aliphatic carbocycles. The fourth-order valence-corrected chi connectivity index (χ4v) is 3.45. The van der Waals surface area contributed by atoms with Crippen LogP contribution < -0.4 is 0 Å². The third kappa shape index (κ3) is 2.95. The van der Waals surface area contributed by atoms with E-state index in [4.69, 9.17) is 0 Å². The van der Waals surface area contributed by atoms with Crippen LogP contribution in [-0.2, 0) is 0 Å². The summed E-state index contributed by atoms with van der Waals surface area (Å²) in [6, 6.07) is 3.90. The molecule has 2 aliphatic rings. The maximum Gasteiger partial charge on any atom is 0.171 e. The van der Waals surface area contributed by atoms with Crippen LogP contribution in [0.15, 0.2) is 33.1 Å². The van der Waals surface area contributed by atoms with Gasteiger partial charge in [0.05, 0.1) is 4.91 Å². The van der Waals surface area contributed by atoms with E-state index in [-0.39, 0.29) is 11.6 Å². The number of aromatic hydroxyl groups is 1. The third-order valence-corrected chi connectivity index (χ3v) is 4.54. The molecule has 110 valence electrons. The van der Waals surface area contributed by atoms with Crippen molar-refractivity contribution in [3.63, 3.8) is 0 Å². The van der Waals surface area contributed by atoms with Crippen LogP contribution in [0.3, 0.4) is 0 Å². The highest BCUT2D eigenvalue weighted by molar-refractivity contribution is 8.18. The Balaban J connectivity index is 1.89. The normalized spacial score (nSPS) is 22.4. The number of phenolic OH excluding ortho intramolecular Hbond substituents is 1. The maximum absolute atomic E-state index is 13.3. The number of aliphatic imine (C=N–C) groups is 2. The van der Waals surface area contributed by atoms with Crippen LogP contribution in [0.1, 0.15) is 18.4 Å². The van der Waals surface area contributed by atoms with Crippen molar-refractivity contribution in [1.29, 1.82) is 0 Å². The molecule has 2 heterocycles. The zero-order valence-electron chi connectivity index (χ0n) is 11.7. The van der Waals surface area contributed by atoms with Crippen LogP contribution in [0.2, 0.25) is 0 Å². The first kappa shape index (κ1) is 14.1. The number of rotatable bonds is 1. The van der Waals surface area contributed by atoms with Gasteiger partial charge in [0.25, 0.3) is 0 Å². The smallest absolute Gasteiger partial charge is 0.171 e. The number of phenols is 1. The zero-order valence-corrected chi connectivity index (χ0v) is 12.5. The van der Waals surface area contributed by atoms with Gasteiger partial charge in [-0.1, -0.05) is 0 Å². The lowest BCUT2D eigenvalue weighted by Gasteiger charge is -2.14. The van der Waals surface area contributed by atoms with E-state index in [2.05, 4.69) is 14.9 Å². The number of hydrogen-bond donors (Lipinski definition) is 1. The first-order valence-corrected chi connectivity index (χ1v) is 7.68. The van der Waals surface area contributed by atoms with Crippen molar-refractivity contribution >= 4 is 28.8 Å². The monoisotopic (exact) mass is 305 g/mol.